The lowest BCUT2D eigenvalue weighted by atomic mass is 10.1. The molecule has 0 aliphatic carbocycles. The maximum atomic E-state index is 13.0. The van der Waals surface area contributed by atoms with Crippen molar-refractivity contribution in [1.82, 2.24) is 9.88 Å². The number of aryl methyl sites for hydroxylation is 2. The summed E-state index contributed by atoms with van der Waals surface area (Å²) in [6.45, 7) is 5.21. The molecule has 0 unspecified atom stereocenters. The quantitative estimate of drug-likeness (QED) is 0.433. The minimum atomic E-state index is -0.175. The molecule has 1 aromatic heterocycles. The van der Waals surface area contributed by atoms with Gasteiger partial charge < -0.3 is 9.64 Å². The average molecular weight is 489 g/mol. The summed E-state index contributed by atoms with van der Waals surface area (Å²) < 4.78 is 6.72. The highest BCUT2D eigenvalue weighted by atomic mass is 35.5. The van der Waals surface area contributed by atoms with Crippen LogP contribution in [0.25, 0.3) is 10.2 Å². The molecule has 0 saturated carbocycles. The highest BCUT2D eigenvalue weighted by Gasteiger charge is 2.21. The van der Waals surface area contributed by atoms with Crippen LogP contribution in [0.1, 0.15) is 11.1 Å². The van der Waals surface area contributed by atoms with Crippen molar-refractivity contribution in [1.29, 1.82) is 0 Å². The van der Waals surface area contributed by atoms with Crippen molar-refractivity contribution in [3.8, 4) is 5.75 Å². The Bertz CT molecular complexity index is 1040. The highest BCUT2D eigenvalue weighted by molar-refractivity contribution is 7.22. The van der Waals surface area contributed by atoms with Gasteiger partial charge in [0.05, 0.1) is 15.2 Å². The molecule has 1 heterocycles. The molecule has 0 fully saturated rings. The molecule has 3 rings (SSSR count). The van der Waals surface area contributed by atoms with Crippen LogP contribution >= 0.6 is 46.9 Å². The second-order valence-corrected chi connectivity index (χ2v) is 8.92. The number of rotatable bonds is 7. The van der Waals surface area contributed by atoms with Gasteiger partial charge in [-0.1, -0.05) is 40.6 Å². The normalized spacial score (nSPS) is 10.9. The molecule has 0 saturated heterocycles. The van der Waals surface area contributed by atoms with Crippen molar-refractivity contribution in [2.45, 2.75) is 13.8 Å². The van der Waals surface area contributed by atoms with Gasteiger partial charge in [-0.2, -0.15) is 0 Å². The van der Waals surface area contributed by atoms with Crippen molar-refractivity contribution in [3.05, 3.63) is 51.5 Å². The number of halogens is 3. The summed E-state index contributed by atoms with van der Waals surface area (Å²) in [5.74, 6) is 0.249. The summed E-state index contributed by atoms with van der Waals surface area (Å²) in [7, 11) is 3.94. The molecule has 30 heavy (non-hydrogen) atoms. The summed E-state index contributed by atoms with van der Waals surface area (Å²) in [6.07, 6.45) is 0. The van der Waals surface area contributed by atoms with Crippen molar-refractivity contribution in [3.63, 3.8) is 0 Å². The van der Waals surface area contributed by atoms with E-state index in [-0.39, 0.29) is 24.9 Å². The number of aromatic nitrogens is 1. The molecule has 1 amide bonds. The summed E-state index contributed by atoms with van der Waals surface area (Å²) in [5, 5.41) is 1.56. The van der Waals surface area contributed by atoms with Crippen molar-refractivity contribution in [2.75, 3.05) is 38.7 Å². The van der Waals surface area contributed by atoms with Crippen LogP contribution in [0.5, 0.6) is 5.75 Å². The van der Waals surface area contributed by atoms with E-state index in [1.807, 2.05) is 19.0 Å². The van der Waals surface area contributed by atoms with Gasteiger partial charge in [0, 0.05) is 18.1 Å². The van der Waals surface area contributed by atoms with E-state index >= 15 is 0 Å². The third kappa shape index (κ3) is 5.77. The van der Waals surface area contributed by atoms with Crippen LogP contribution in [-0.4, -0.2) is 49.6 Å². The first-order valence-corrected chi connectivity index (χ1v) is 10.7. The van der Waals surface area contributed by atoms with E-state index in [2.05, 4.69) is 26.0 Å². The molecule has 0 spiro atoms. The zero-order valence-electron chi connectivity index (χ0n) is 17.2. The van der Waals surface area contributed by atoms with E-state index in [0.29, 0.717) is 34.0 Å². The van der Waals surface area contributed by atoms with E-state index < -0.39 is 0 Å². The molecule has 0 aliphatic rings. The molecule has 2 aromatic carbocycles. The van der Waals surface area contributed by atoms with Crippen LogP contribution in [-0.2, 0) is 4.79 Å². The zero-order valence-corrected chi connectivity index (χ0v) is 20.4. The molecule has 162 valence electrons. The van der Waals surface area contributed by atoms with Crippen LogP contribution in [0.3, 0.4) is 0 Å². The molecule has 5 nitrogen and oxygen atoms in total. The summed E-state index contributed by atoms with van der Waals surface area (Å²) >= 11 is 13.6. The van der Waals surface area contributed by atoms with Gasteiger partial charge in [-0.05, 0) is 63.3 Å². The van der Waals surface area contributed by atoms with Gasteiger partial charge in [-0.15, -0.1) is 12.4 Å². The molecule has 0 bridgehead atoms. The smallest absolute Gasteiger partial charge is 0.266 e. The van der Waals surface area contributed by atoms with Gasteiger partial charge in [0.1, 0.15) is 5.75 Å². The number of likely N-dealkylation sites (N-methyl/N-ethyl adjacent to an activating group) is 1. The summed E-state index contributed by atoms with van der Waals surface area (Å²) in [5.41, 5.74) is 3.25. The van der Waals surface area contributed by atoms with Gasteiger partial charge >= 0.3 is 0 Å². The van der Waals surface area contributed by atoms with Gasteiger partial charge in [-0.25, -0.2) is 4.98 Å². The maximum absolute atomic E-state index is 13.0. The number of carbonyl (C=O) groups is 1. The maximum Gasteiger partial charge on any atom is 0.266 e. The third-order valence-electron chi connectivity index (χ3n) is 4.62. The monoisotopic (exact) mass is 487 g/mol. The Kier molecular flexibility index (Phi) is 8.76. The summed E-state index contributed by atoms with van der Waals surface area (Å²) in [4.78, 5) is 21.5. The van der Waals surface area contributed by atoms with E-state index in [0.717, 1.165) is 15.8 Å². The Balaban J connectivity index is 0.00000320. The first-order valence-electron chi connectivity index (χ1n) is 9.16. The molecule has 0 atom stereocenters. The van der Waals surface area contributed by atoms with Gasteiger partial charge in [-0.3, -0.25) is 9.69 Å². The number of hydrogen-bond acceptors (Lipinski definition) is 5. The van der Waals surface area contributed by atoms with E-state index in [1.54, 1.807) is 23.1 Å². The Labute approximate surface area is 197 Å². The van der Waals surface area contributed by atoms with Crippen molar-refractivity contribution in [2.24, 2.45) is 0 Å². The first kappa shape index (κ1) is 24.7. The van der Waals surface area contributed by atoms with Crippen LogP contribution in [0.4, 0.5) is 5.13 Å². The lowest BCUT2D eigenvalue weighted by molar-refractivity contribution is -0.120. The number of ether oxygens (including phenoxy) is 1. The van der Waals surface area contributed by atoms with Gasteiger partial charge in [0.2, 0.25) is 0 Å². The molecule has 9 heteroatoms. The highest BCUT2D eigenvalue weighted by Crippen LogP contribution is 2.32. The van der Waals surface area contributed by atoms with E-state index in [4.69, 9.17) is 32.9 Å². The fraction of sp³-hybridized carbons (Fsp3) is 0.333. The van der Waals surface area contributed by atoms with Crippen molar-refractivity contribution < 1.29 is 9.53 Å². The number of fused-ring (bicyclic) bond motifs is 1. The summed E-state index contributed by atoms with van der Waals surface area (Å²) in [6, 6.07) is 9.06. The minimum absolute atomic E-state index is 0. The largest absolute Gasteiger partial charge is 0.482 e. The third-order valence-corrected chi connectivity index (χ3v) is 6.20. The number of nitrogens with zero attached hydrogens (tertiary/aromatic N) is 3. The zero-order chi connectivity index (χ0) is 21.1. The Morgan fingerprint density at radius 3 is 2.53 bits per heavy atom. The number of hydrogen-bond donors (Lipinski definition) is 0. The molecule has 0 radical (unpaired) electrons. The molecular formula is C21H24Cl3N3O2S. The van der Waals surface area contributed by atoms with Crippen LogP contribution in [0.15, 0.2) is 30.3 Å². The number of carbonyl (C=O) groups excluding carboxylic acids is 1. The second-order valence-electron chi connectivity index (χ2n) is 7.06. The van der Waals surface area contributed by atoms with E-state index in [1.165, 1.54) is 16.9 Å². The second kappa shape index (κ2) is 10.6. The SMILES string of the molecule is Cc1ccc2sc(N(CCN(C)C)C(=O)COc3ccc(Cl)cc3Cl)nc2c1C.Cl. The van der Waals surface area contributed by atoms with E-state index in [9.17, 15) is 4.79 Å². The Morgan fingerprint density at radius 2 is 1.87 bits per heavy atom. The Hall–Kier alpha value is -1.57. The van der Waals surface area contributed by atoms with Crippen LogP contribution in [0, 0.1) is 13.8 Å². The van der Waals surface area contributed by atoms with Crippen LogP contribution < -0.4 is 9.64 Å². The lowest BCUT2D eigenvalue weighted by Gasteiger charge is -2.22. The number of thiazole rings is 1. The predicted molar refractivity (Wildman–Crippen MR) is 129 cm³/mol. The van der Waals surface area contributed by atoms with Gasteiger partial charge in [0.15, 0.2) is 11.7 Å². The molecule has 0 aliphatic heterocycles. The topological polar surface area (TPSA) is 45.7 Å². The van der Waals surface area contributed by atoms with Crippen LogP contribution in [0.2, 0.25) is 10.0 Å². The number of anilines is 1. The van der Waals surface area contributed by atoms with Crippen molar-refractivity contribution >= 4 is 68.2 Å². The lowest BCUT2D eigenvalue weighted by Crippen LogP contribution is -2.39. The molecule has 3 aromatic rings. The van der Waals surface area contributed by atoms with Gasteiger partial charge in [0.25, 0.3) is 5.91 Å². The number of amides is 1. The fourth-order valence-electron chi connectivity index (χ4n) is 2.77. The fourth-order valence-corrected chi connectivity index (χ4v) is 4.30. The molecular weight excluding hydrogens is 465 g/mol. The Morgan fingerprint density at radius 1 is 1.13 bits per heavy atom. The number of benzene rings is 2. The first-order chi connectivity index (χ1) is 13.8. The molecule has 0 N–H and O–H groups in total. The standard InChI is InChI=1S/C21H23Cl2N3O2S.ClH/c1-13-5-8-18-20(14(13)2)24-21(29-18)26(10-9-25(3)4)19(27)12-28-17-7-6-15(22)11-16(17)23;/h5-8,11H,9-10,12H2,1-4H3;1H. The average Bonchev–Trinajstić information content (AvgIpc) is 3.08. The minimum Gasteiger partial charge on any atom is -0.482 e. The predicted octanol–water partition coefficient (Wildman–Crippen LogP) is 5.62.